The third-order valence-electron chi connectivity index (χ3n) is 1.87. The summed E-state index contributed by atoms with van der Waals surface area (Å²) in [6.45, 7) is 8.28. The first-order valence-electron chi connectivity index (χ1n) is 4.12. The summed E-state index contributed by atoms with van der Waals surface area (Å²) in [5.41, 5.74) is 0. The molecule has 10 heavy (non-hydrogen) atoms. The smallest absolute Gasteiger partial charge is 0.0348 e. The van der Waals surface area contributed by atoms with Crippen LogP contribution in [0, 0.1) is 5.92 Å². The summed E-state index contributed by atoms with van der Waals surface area (Å²) in [6, 6.07) is 0.840. The van der Waals surface area contributed by atoms with Crippen molar-refractivity contribution < 1.29 is 0 Å². The van der Waals surface area contributed by atoms with Crippen LogP contribution in [0.5, 0.6) is 0 Å². The number of nitrogens with one attached hydrogen (secondary N) is 1. The molecule has 0 saturated carbocycles. The Morgan fingerprint density at radius 1 is 1.60 bits per heavy atom. The second kappa shape index (κ2) is 3.35. The highest BCUT2D eigenvalue weighted by molar-refractivity contribution is 4.90. The lowest BCUT2D eigenvalue weighted by Gasteiger charge is -2.05. The lowest BCUT2D eigenvalue weighted by Crippen LogP contribution is -2.19. The van der Waals surface area contributed by atoms with Crippen LogP contribution in [-0.4, -0.2) is 37.6 Å². The van der Waals surface area contributed by atoms with Crippen molar-refractivity contribution in [2.24, 2.45) is 5.92 Å². The van der Waals surface area contributed by atoms with Gasteiger partial charge in [0, 0.05) is 25.7 Å². The van der Waals surface area contributed by atoms with Crippen molar-refractivity contribution in [2.45, 2.75) is 19.9 Å². The van der Waals surface area contributed by atoms with Crippen LogP contribution in [0.15, 0.2) is 0 Å². The number of nitrogens with zero attached hydrogens (tertiary/aromatic N) is 1. The molecule has 1 fully saturated rings. The second-order valence-corrected chi connectivity index (χ2v) is 3.56. The number of hydrogen-bond donors (Lipinski definition) is 1. The standard InChI is InChI=1S/C8H18N2/c1-7(2)5-10-6-8(10)4-9-3/h7-9H,4-6H2,1-3H3. The molecule has 0 aromatic heterocycles. The van der Waals surface area contributed by atoms with Gasteiger partial charge in [0.15, 0.2) is 0 Å². The molecule has 1 aliphatic heterocycles. The first kappa shape index (κ1) is 8.02. The molecule has 0 radical (unpaired) electrons. The third-order valence-corrected chi connectivity index (χ3v) is 1.87. The maximum absolute atomic E-state index is 3.19. The molecular formula is C8H18N2. The van der Waals surface area contributed by atoms with E-state index in [1.54, 1.807) is 0 Å². The quantitative estimate of drug-likeness (QED) is 0.576. The van der Waals surface area contributed by atoms with Crippen molar-refractivity contribution in [2.75, 3.05) is 26.7 Å². The highest BCUT2D eigenvalue weighted by atomic mass is 15.3. The van der Waals surface area contributed by atoms with E-state index < -0.39 is 0 Å². The van der Waals surface area contributed by atoms with Crippen molar-refractivity contribution in [3.05, 3.63) is 0 Å². The lowest BCUT2D eigenvalue weighted by molar-refractivity contribution is 0.423. The predicted molar refractivity (Wildman–Crippen MR) is 44.1 cm³/mol. The molecule has 60 valence electrons. The number of hydrogen-bond acceptors (Lipinski definition) is 2. The third kappa shape index (κ3) is 2.27. The molecule has 0 spiro atoms. The van der Waals surface area contributed by atoms with Crippen LogP contribution >= 0.6 is 0 Å². The van der Waals surface area contributed by atoms with Gasteiger partial charge in [0.2, 0.25) is 0 Å². The molecule has 1 heterocycles. The Kier molecular flexibility index (Phi) is 2.69. The zero-order valence-corrected chi connectivity index (χ0v) is 7.22. The van der Waals surface area contributed by atoms with Crippen LogP contribution in [-0.2, 0) is 0 Å². The maximum atomic E-state index is 3.19. The molecule has 2 nitrogen and oxygen atoms in total. The molecule has 1 saturated heterocycles. The van der Waals surface area contributed by atoms with Crippen LogP contribution in [0.25, 0.3) is 0 Å². The van der Waals surface area contributed by atoms with Crippen molar-refractivity contribution in [3.63, 3.8) is 0 Å². The first-order chi connectivity index (χ1) is 4.74. The fourth-order valence-corrected chi connectivity index (χ4v) is 1.35. The first-order valence-corrected chi connectivity index (χ1v) is 4.12. The molecule has 2 unspecified atom stereocenters. The molecule has 1 N–H and O–H groups in total. The minimum Gasteiger partial charge on any atom is -0.318 e. The van der Waals surface area contributed by atoms with Gasteiger partial charge in [-0.3, -0.25) is 4.90 Å². The largest absolute Gasteiger partial charge is 0.318 e. The Morgan fingerprint density at radius 2 is 2.30 bits per heavy atom. The van der Waals surface area contributed by atoms with Crippen molar-refractivity contribution in [3.8, 4) is 0 Å². The fourth-order valence-electron chi connectivity index (χ4n) is 1.35. The molecule has 1 aliphatic rings. The maximum Gasteiger partial charge on any atom is 0.0348 e. The summed E-state index contributed by atoms with van der Waals surface area (Å²) >= 11 is 0. The van der Waals surface area contributed by atoms with Crippen LogP contribution in [0.3, 0.4) is 0 Å². The summed E-state index contributed by atoms with van der Waals surface area (Å²) in [5.74, 6) is 0.821. The Hall–Kier alpha value is -0.0800. The average Bonchev–Trinajstić information content (AvgIpc) is 2.47. The van der Waals surface area contributed by atoms with Gasteiger partial charge in [-0.25, -0.2) is 0 Å². The SMILES string of the molecule is CNCC1CN1CC(C)C. The molecule has 1 rings (SSSR count). The van der Waals surface area contributed by atoms with Crippen LogP contribution in [0.4, 0.5) is 0 Å². The van der Waals surface area contributed by atoms with Crippen LogP contribution in [0.1, 0.15) is 13.8 Å². The van der Waals surface area contributed by atoms with Crippen LogP contribution < -0.4 is 5.32 Å². The summed E-state index contributed by atoms with van der Waals surface area (Å²) in [6.07, 6.45) is 0. The van der Waals surface area contributed by atoms with Gasteiger partial charge in [-0.1, -0.05) is 13.8 Å². The van der Waals surface area contributed by atoms with E-state index in [-0.39, 0.29) is 0 Å². The topological polar surface area (TPSA) is 15.0 Å². The lowest BCUT2D eigenvalue weighted by atomic mass is 10.2. The van der Waals surface area contributed by atoms with Gasteiger partial charge >= 0.3 is 0 Å². The Balaban J connectivity index is 2.02. The van der Waals surface area contributed by atoms with E-state index >= 15 is 0 Å². The van der Waals surface area contributed by atoms with E-state index in [9.17, 15) is 0 Å². The minimum atomic E-state index is 0.821. The molecule has 2 heteroatoms. The van der Waals surface area contributed by atoms with E-state index in [4.69, 9.17) is 0 Å². The Morgan fingerprint density at radius 3 is 2.80 bits per heavy atom. The summed E-state index contributed by atoms with van der Waals surface area (Å²) in [7, 11) is 2.02. The van der Waals surface area contributed by atoms with E-state index in [0.29, 0.717) is 0 Å². The number of likely N-dealkylation sites (N-methyl/N-ethyl adjacent to an activating group) is 1. The van der Waals surface area contributed by atoms with E-state index in [0.717, 1.165) is 18.5 Å². The molecule has 0 aliphatic carbocycles. The molecule has 0 aromatic carbocycles. The van der Waals surface area contributed by atoms with E-state index in [1.807, 2.05) is 7.05 Å². The van der Waals surface area contributed by atoms with Crippen molar-refractivity contribution in [1.82, 2.24) is 10.2 Å². The molecular weight excluding hydrogens is 124 g/mol. The van der Waals surface area contributed by atoms with Crippen molar-refractivity contribution >= 4 is 0 Å². The molecule has 0 bridgehead atoms. The van der Waals surface area contributed by atoms with Gasteiger partial charge in [-0.2, -0.15) is 0 Å². The normalized spacial score (nSPS) is 31.2. The zero-order valence-electron chi connectivity index (χ0n) is 7.22. The van der Waals surface area contributed by atoms with Crippen LogP contribution in [0.2, 0.25) is 0 Å². The minimum absolute atomic E-state index is 0.821. The van der Waals surface area contributed by atoms with Crippen molar-refractivity contribution in [1.29, 1.82) is 0 Å². The van der Waals surface area contributed by atoms with E-state index in [2.05, 4.69) is 24.1 Å². The Labute approximate surface area is 63.6 Å². The summed E-state index contributed by atoms with van der Waals surface area (Å²) < 4.78 is 0. The van der Waals surface area contributed by atoms with Gasteiger partial charge < -0.3 is 5.32 Å². The highest BCUT2D eigenvalue weighted by Crippen LogP contribution is 2.17. The van der Waals surface area contributed by atoms with Gasteiger partial charge in [0.05, 0.1) is 0 Å². The average molecular weight is 142 g/mol. The molecule has 0 aromatic rings. The van der Waals surface area contributed by atoms with Gasteiger partial charge in [-0.05, 0) is 13.0 Å². The monoisotopic (exact) mass is 142 g/mol. The summed E-state index contributed by atoms with van der Waals surface area (Å²) in [5, 5.41) is 3.19. The van der Waals surface area contributed by atoms with Gasteiger partial charge in [0.1, 0.15) is 0 Å². The summed E-state index contributed by atoms with van der Waals surface area (Å²) in [4.78, 5) is 2.52. The molecule has 2 atom stereocenters. The predicted octanol–water partition coefficient (Wildman–Crippen LogP) is 0.546. The number of rotatable bonds is 4. The van der Waals surface area contributed by atoms with Gasteiger partial charge in [-0.15, -0.1) is 0 Å². The second-order valence-electron chi connectivity index (χ2n) is 3.56. The Bertz CT molecular complexity index is 101. The van der Waals surface area contributed by atoms with Gasteiger partial charge in [0.25, 0.3) is 0 Å². The van der Waals surface area contributed by atoms with E-state index in [1.165, 1.54) is 13.1 Å². The highest BCUT2D eigenvalue weighted by Gasteiger charge is 2.32. The zero-order chi connectivity index (χ0) is 7.56. The fraction of sp³-hybridized carbons (Fsp3) is 1.00. The molecule has 0 amide bonds.